The molecular weight excluding hydrogens is 444 g/mol. The van der Waals surface area contributed by atoms with Gasteiger partial charge in [-0.25, -0.2) is 27.8 Å². The fourth-order valence-corrected chi connectivity index (χ4v) is 3.81. The Balaban J connectivity index is 1.36. The van der Waals surface area contributed by atoms with E-state index in [1.54, 1.807) is 18.3 Å². The molecule has 0 radical (unpaired) electrons. The number of nitrogens with zero attached hydrogens (tertiary/aromatic N) is 4. The third kappa shape index (κ3) is 5.52. The largest absolute Gasteiger partial charge is 0.471 e. The molecule has 33 heavy (non-hydrogen) atoms. The lowest BCUT2D eigenvalue weighted by Gasteiger charge is -2.09. The summed E-state index contributed by atoms with van der Waals surface area (Å²) in [5.41, 5.74) is 1.61. The molecule has 2 N–H and O–H groups in total. The highest BCUT2D eigenvalue weighted by atomic mass is 32.2. The van der Waals surface area contributed by atoms with E-state index in [1.807, 2.05) is 31.2 Å². The fourth-order valence-electron chi connectivity index (χ4n) is 2.85. The van der Waals surface area contributed by atoms with Crippen molar-refractivity contribution in [3.63, 3.8) is 0 Å². The molecule has 10 nitrogen and oxygen atoms in total. The maximum atomic E-state index is 12.5. The Kier molecular flexibility index (Phi) is 6.31. The summed E-state index contributed by atoms with van der Waals surface area (Å²) in [5.74, 6) is 0.273. The number of carbonyl (C=O) groups is 1. The minimum absolute atomic E-state index is 0.00517. The minimum Gasteiger partial charge on any atom is -0.471 e. The molecule has 4 aromatic rings. The molecule has 0 atom stereocenters. The van der Waals surface area contributed by atoms with Gasteiger partial charge in [-0.15, -0.1) is 0 Å². The first kappa shape index (κ1) is 22.0. The summed E-state index contributed by atoms with van der Waals surface area (Å²) in [5, 5.41) is 6.90. The van der Waals surface area contributed by atoms with Crippen LogP contribution in [0.25, 0.3) is 0 Å². The van der Waals surface area contributed by atoms with Crippen molar-refractivity contribution < 1.29 is 17.9 Å². The summed E-state index contributed by atoms with van der Waals surface area (Å²) >= 11 is 0. The van der Waals surface area contributed by atoms with Crippen LogP contribution >= 0.6 is 0 Å². The van der Waals surface area contributed by atoms with Crippen LogP contribution in [0.15, 0.2) is 84.1 Å². The second-order valence-electron chi connectivity index (χ2n) is 6.94. The van der Waals surface area contributed by atoms with E-state index >= 15 is 0 Å². The van der Waals surface area contributed by atoms with Crippen molar-refractivity contribution in [1.29, 1.82) is 0 Å². The van der Waals surface area contributed by atoms with Crippen molar-refractivity contribution in [3.8, 4) is 5.75 Å². The molecule has 0 aliphatic carbocycles. The van der Waals surface area contributed by atoms with Crippen LogP contribution in [-0.2, 0) is 16.8 Å². The average Bonchev–Trinajstić information content (AvgIpc) is 3.29. The number of sulfonamides is 1. The second-order valence-corrected chi connectivity index (χ2v) is 8.62. The van der Waals surface area contributed by atoms with Gasteiger partial charge in [-0.1, -0.05) is 18.2 Å². The SMILES string of the molecule is Cc1ccccc1OCn1ccc(C(=O)Nc2ccc(S(=O)(=O)Nc3ncccn3)cc2)n1. The standard InChI is InChI=1S/C22H20N6O4S/c1-16-5-2-3-6-20(16)32-15-28-14-11-19(26-28)21(29)25-17-7-9-18(10-8-17)33(30,31)27-22-23-12-4-13-24-22/h2-14H,15H2,1H3,(H,25,29)(H,23,24,27). The molecule has 2 heterocycles. The third-order valence-corrected chi connectivity index (χ3v) is 5.88. The van der Waals surface area contributed by atoms with E-state index in [-0.39, 0.29) is 23.3 Å². The van der Waals surface area contributed by atoms with Crippen LogP contribution in [0.3, 0.4) is 0 Å². The number of benzene rings is 2. The molecule has 2 aromatic carbocycles. The first-order valence-electron chi connectivity index (χ1n) is 9.84. The predicted octanol–water partition coefficient (Wildman–Crippen LogP) is 3.07. The maximum Gasteiger partial charge on any atom is 0.276 e. The van der Waals surface area contributed by atoms with E-state index in [0.717, 1.165) is 11.3 Å². The number of rotatable bonds is 8. The quantitative estimate of drug-likeness (QED) is 0.410. The van der Waals surface area contributed by atoms with E-state index in [2.05, 4.69) is 25.1 Å². The number of para-hydroxylation sites is 1. The number of aryl methyl sites for hydroxylation is 1. The van der Waals surface area contributed by atoms with Gasteiger partial charge < -0.3 is 10.1 Å². The van der Waals surface area contributed by atoms with Gasteiger partial charge in [0.2, 0.25) is 5.95 Å². The summed E-state index contributed by atoms with van der Waals surface area (Å²) < 4.78 is 34.4. The zero-order valence-corrected chi connectivity index (χ0v) is 18.4. The van der Waals surface area contributed by atoms with Gasteiger partial charge in [-0.3, -0.25) is 4.79 Å². The Morgan fingerprint density at radius 2 is 1.73 bits per heavy atom. The lowest BCUT2D eigenvalue weighted by molar-refractivity contribution is 0.102. The molecule has 0 aliphatic heterocycles. The van der Waals surface area contributed by atoms with Crippen molar-refractivity contribution in [2.24, 2.45) is 0 Å². The predicted molar refractivity (Wildman–Crippen MR) is 121 cm³/mol. The zero-order chi connectivity index (χ0) is 23.3. The molecule has 2 aromatic heterocycles. The van der Waals surface area contributed by atoms with Crippen LogP contribution in [-0.4, -0.2) is 34.1 Å². The van der Waals surface area contributed by atoms with Crippen molar-refractivity contribution in [2.75, 3.05) is 10.0 Å². The highest BCUT2D eigenvalue weighted by molar-refractivity contribution is 7.92. The maximum absolute atomic E-state index is 12.5. The van der Waals surface area contributed by atoms with Gasteiger partial charge in [-0.2, -0.15) is 5.10 Å². The van der Waals surface area contributed by atoms with Crippen molar-refractivity contribution in [2.45, 2.75) is 18.6 Å². The summed E-state index contributed by atoms with van der Waals surface area (Å²) in [7, 11) is -3.86. The van der Waals surface area contributed by atoms with Crippen molar-refractivity contribution in [1.82, 2.24) is 19.7 Å². The molecule has 0 unspecified atom stereocenters. The van der Waals surface area contributed by atoms with Crippen molar-refractivity contribution in [3.05, 3.63) is 90.5 Å². The molecule has 0 aliphatic rings. The Bertz CT molecular complexity index is 1360. The molecule has 4 rings (SSSR count). The third-order valence-electron chi connectivity index (χ3n) is 4.53. The molecular formula is C22H20N6O4S. The van der Waals surface area contributed by atoms with E-state index in [0.29, 0.717) is 5.69 Å². The molecule has 168 valence electrons. The van der Waals surface area contributed by atoms with E-state index < -0.39 is 15.9 Å². The summed E-state index contributed by atoms with van der Waals surface area (Å²) in [4.78, 5) is 20.2. The van der Waals surface area contributed by atoms with Crippen LogP contribution < -0.4 is 14.8 Å². The van der Waals surface area contributed by atoms with Gasteiger partial charge in [-0.05, 0) is 55.0 Å². The molecule has 0 spiro atoms. The van der Waals surface area contributed by atoms with E-state index in [9.17, 15) is 13.2 Å². The van der Waals surface area contributed by atoms with Crippen LogP contribution in [0.4, 0.5) is 11.6 Å². The topological polar surface area (TPSA) is 128 Å². The highest BCUT2D eigenvalue weighted by Crippen LogP contribution is 2.18. The summed E-state index contributed by atoms with van der Waals surface area (Å²) in [6.07, 6.45) is 4.50. The number of hydrogen-bond acceptors (Lipinski definition) is 7. The molecule has 0 fully saturated rings. The lowest BCUT2D eigenvalue weighted by atomic mass is 10.2. The smallest absolute Gasteiger partial charge is 0.276 e. The van der Waals surface area contributed by atoms with E-state index in [4.69, 9.17) is 4.74 Å². The fraction of sp³-hybridized carbons (Fsp3) is 0.0909. The number of aromatic nitrogens is 4. The second kappa shape index (κ2) is 9.49. The van der Waals surface area contributed by atoms with Gasteiger partial charge in [0.1, 0.15) is 5.75 Å². The van der Waals surface area contributed by atoms with Gasteiger partial charge in [0.05, 0.1) is 4.90 Å². The lowest BCUT2D eigenvalue weighted by Crippen LogP contribution is -2.16. The molecule has 0 saturated heterocycles. The monoisotopic (exact) mass is 464 g/mol. The molecule has 11 heteroatoms. The molecule has 0 saturated carbocycles. The Hall–Kier alpha value is -4.25. The number of anilines is 2. The van der Waals surface area contributed by atoms with Crippen LogP contribution in [0.1, 0.15) is 16.1 Å². The van der Waals surface area contributed by atoms with E-state index in [1.165, 1.54) is 41.3 Å². The number of nitrogens with one attached hydrogen (secondary N) is 2. The van der Waals surface area contributed by atoms with Crippen LogP contribution in [0.5, 0.6) is 5.75 Å². The van der Waals surface area contributed by atoms with Gasteiger partial charge >= 0.3 is 0 Å². The number of carbonyl (C=O) groups excluding carboxylic acids is 1. The first-order valence-corrected chi connectivity index (χ1v) is 11.3. The number of amides is 1. The minimum atomic E-state index is -3.86. The summed E-state index contributed by atoms with van der Waals surface area (Å²) in [6.45, 7) is 2.10. The molecule has 1 amide bonds. The van der Waals surface area contributed by atoms with Gasteiger partial charge in [0.25, 0.3) is 15.9 Å². The summed E-state index contributed by atoms with van der Waals surface area (Å²) in [6, 6.07) is 16.5. The normalized spacial score (nSPS) is 11.1. The Morgan fingerprint density at radius 1 is 1.00 bits per heavy atom. The first-order chi connectivity index (χ1) is 15.9. The van der Waals surface area contributed by atoms with Crippen molar-refractivity contribution >= 4 is 27.6 Å². The van der Waals surface area contributed by atoms with Crippen LogP contribution in [0.2, 0.25) is 0 Å². The average molecular weight is 465 g/mol. The molecule has 0 bridgehead atoms. The van der Waals surface area contributed by atoms with Crippen LogP contribution in [0, 0.1) is 6.92 Å². The van der Waals surface area contributed by atoms with Gasteiger partial charge in [0.15, 0.2) is 12.4 Å². The van der Waals surface area contributed by atoms with Gasteiger partial charge in [0, 0.05) is 24.3 Å². The zero-order valence-electron chi connectivity index (χ0n) is 17.5. The number of ether oxygens (including phenoxy) is 1. The number of hydrogen-bond donors (Lipinski definition) is 2. The Labute approximate surface area is 190 Å². The Morgan fingerprint density at radius 3 is 2.45 bits per heavy atom. The highest BCUT2D eigenvalue weighted by Gasteiger charge is 2.16.